The molecule has 3 nitrogen and oxygen atoms in total. The molecule has 0 aromatic heterocycles. The summed E-state index contributed by atoms with van der Waals surface area (Å²) in [5.74, 6) is 0. The van der Waals surface area contributed by atoms with Gasteiger partial charge in [-0.1, -0.05) is 6.58 Å². The number of allylic oxidation sites excluding steroid dienone is 1. The summed E-state index contributed by atoms with van der Waals surface area (Å²) in [6.45, 7) is 8.26. The summed E-state index contributed by atoms with van der Waals surface area (Å²) < 4.78 is 38.4. The van der Waals surface area contributed by atoms with Crippen LogP contribution in [0.3, 0.4) is 0 Å². The Labute approximate surface area is 121 Å². The van der Waals surface area contributed by atoms with E-state index in [-0.39, 0.29) is 5.56 Å². The van der Waals surface area contributed by atoms with Crippen LogP contribution in [0.15, 0.2) is 30.5 Å². The molecule has 21 heavy (non-hydrogen) atoms. The number of benzene rings is 1. The van der Waals surface area contributed by atoms with Crippen LogP contribution in [0.25, 0.3) is 0 Å². The minimum absolute atomic E-state index is 0.284. The average Bonchev–Trinajstić information content (AvgIpc) is 2.45. The number of carbonyl (C=O) groups is 1. The molecule has 0 spiro atoms. The van der Waals surface area contributed by atoms with Gasteiger partial charge in [-0.2, -0.15) is 13.2 Å². The summed E-state index contributed by atoms with van der Waals surface area (Å²) in [5, 5.41) is 0. The fraction of sp³-hybridized carbons (Fsp3) is 0.400. The Bertz CT molecular complexity index is 546. The topological polar surface area (TPSA) is 23.6 Å². The quantitative estimate of drug-likeness (QED) is 0.801. The molecule has 6 heteroatoms. The fourth-order valence-electron chi connectivity index (χ4n) is 2.42. The van der Waals surface area contributed by atoms with Crippen molar-refractivity contribution in [1.29, 1.82) is 0 Å². The highest BCUT2D eigenvalue weighted by Crippen LogP contribution is 2.33. The van der Waals surface area contributed by atoms with Gasteiger partial charge < -0.3 is 9.80 Å². The Hall–Kier alpha value is -1.98. The number of nitrogens with zero attached hydrogens (tertiary/aromatic N) is 2. The first-order valence-electron chi connectivity index (χ1n) is 6.65. The van der Waals surface area contributed by atoms with Gasteiger partial charge in [0, 0.05) is 43.1 Å². The maximum Gasteiger partial charge on any atom is 0.416 e. The Kier molecular flexibility index (Phi) is 4.25. The summed E-state index contributed by atoms with van der Waals surface area (Å²) in [6, 6.07) is 3.23. The van der Waals surface area contributed by atoms with Crippen LogP contribution < -0.4 is 4.90 Å². The van der Waals surface area contributed by atoms with Gasteiger partial charge in [0.05, 0.1) is 5.56 Å². The van der Waals surface area contributed by atoms with Gasteiger partial charge in [-0.15, -0.1) is 0 Å². The van der Waals surface area contributed by atoms with Crippen molar-refractivity contribution in [2.24, 2.45) is 0 Å². The molecule has 1 aromatic carbocycles. The number of rotatable bonds is 3. The molecule has 0 N–H and O–H groups in total. The highest BCUT2D eigenvalue weighted by molar-refractivity contribution is 5.85. The maximum absolute atomic E-state index is 12.8. The number of halogens is 3. The Morgan fingerprint density at radius 1 is 1.24 bits per heavy atom. The minimum Gasteiger partial charge on any atom is -0.372 e. The van der Waals surface area contributed by atoms with Crippen molar-refractivity contribution in [3.63, 3.8) is 0 Å². The van der Waals surface area contributed by atoms with Crippen molar-refractivity contribution in [2.45, 2.75) is 13.1 Å². The van der Waals surface area contributed by atoms with E-state index in [4.69, 9.17) is 0 Å². The largest absolute Gasteiger partial charge is 0.416 e. The fourth-order valence-corrected chi connectivity index (χ4v) is 2.42. The van der Waals surface area contributed by atoms with E-state index in [9.17, 15) is 18.0 Å². The lowest BCUT2D eigenvalue weighted by atomic mass is 10.1. The van der Waals surface area contributed by atoms with Gasteiger partial charge in [0.2, 0.25) is 0 Å². The highest BCUT2D eigenvalue weighted by Gasteiger charge is 2.32. The third-order valence-electron chi connectivity index (χ3n) is 3.64. The molecule has 1 saturated heterocycles. The zero-order valence-electron chi connectivity index (χ0n) is 11.8. The van der Waals surface area contributed by atoms with Gasteiger partial charge >= 0.3 is 6.18 Å². The number of alkyl halides is 3. The number of carbonyl (C=O) groups excluding carboxylic acids is 1. The first-order chi connectivity index (χ1) is 9.82. The normalized spacial score (nSPS) is 16.0. The molecule has 1 aliphatic heterocycles. The van der Waals surface area contributed by atoms with E-state index in [0.717, 1.165) is 17.8 Å². The van der Waals surface area contributed by atoms with E-state index < -0.39 is 11.7 Å². The van der Waals surface area contributed by atoms with E-state index >= 15 is 0 Å². The van der Waals surface area contributed by atoms with Crippen molar-refractivity contribution in [1.82, 2.24) is 4.90 Å². The first-order valence-corrected chi connectivity index (χ1v) is 6.65. The van der Waals surface area contributed by atoms with E-state index in [1.54, 1.807) is 0 Å². The third-order valence-corrected chi connectivity index (χ3v) is 3.64. The smallest absolute Gasteiger partial charge is 0.372 e. The second kappa shape index (κ2) is 5.79. The predicted octanol–water partition coefficient (Wildman–Crippen LogP) is 3.17. The van der Waals surface area contributed by atoms with Crippen LogP contribution in [-0.4, -0.2) is 37.4 Å². The van der Waals surface area contributed by atoms with Gasteiger partial charge in [-0.25, -0.2) is 0 Å². The van der Waals surface area contributed by atoms with Crippen LogP contribution in [0.2, 0.25) is 0 Å². The number of hydrogen-bond acceptors (Lipinski definition) is 3. The van der Waals surface area contributed by atoms with Crippen LogP contribution in [0.5, 0.6) is 0 Å². The van der Waals surface area contributed by atoms with E-state index in [1.165, 1.54) is 6.07 Å². The summed E-state index contributed by atoms with van der Waals surface area (Å²) in [5.41, 5.74) is 0.840. The Balaban J connectivity index is 2.26. The predicted molar refractivity (Wildman–Crippen MR) is 75.4 cm³/mol. The Morgan fingerprint density at radius 3 is 2.33 bits per heavy atom. The third kappa shape index (κ3) is 3.37. The number of piperazine rings is 1. The molecule has 0 amide bonds. The second-order valence-electron chi connectivity index (χ2n) is 5.10. The molecular formula is C15H17F3N2O. The van der Waals surface area contributed by atoms with Crippen molar-refractivity contribution in [2.75, 3.05) is 31.1 Å². The van der Waals surface area contributed by atoms with Gasteiger partial charge in [-0.3, -0.25) is 4.79 Å². The first kappa shape index (κ1) is 15.4. The molecule has 0 radical (unpaired) electrons. The van der Waals surface area contributed by atoms with Gasteiger partial charge in [-0.05, 0) is 25.1 Å². The molecule has 1 fully saturated rings. The zero-order valence-corrected chi connectivity index (χ0v) is 11.8. The minimum atomic E-state index is -4.41. The molecule has 0 unspecified atom stereocenters. The molecule has 2 rings (SSSR count). The lowest BCUT2D eigenvalue weighted by Crippen LogP contribution is -2.45. The van der Waals surface area contributed by atoms with E-state index in [0.29, 0.717) is 38.2 Å². The van der Waals surface area contributed by atoms with Crippen molar-refractivity contribution in [3.05, 3.63) is 41.6 Å². The van der Waals surface area contributed by atoms with Crippen LogP contribution in [0.4, 0.5) is 18.9 Å². The molecule has 0 aliphatic carbocycles. The molecule has 114 valence electrons. The molecular weight excluding hydrogens is 281 g/mol. The van der Waals surface area contributed by atoms with Crippen LogP contribution in [0.1, 0.15) is 22.8 Å². The lowest BCUT2D eigenvalue weighted by molar-refractivity contribution is -0.137. The van der Waals surface area contributed by atoms with E-state index in [2.05, 4.69) is 11.5 Å². The van der Waals surface area contributed by atoms with Crippen molar-refractivity contribution < 1.29 is 18.0 Å². The number of anilines is 1. The molecule has 1 aliphatic rings. The standard InChI is InChI=1S/C15H17F3N2O/c1-11(2)19-5-7-20(8-6-19)14-9-13(15(16,17)18)4-3-12(14)10-21/h3-4,9-10H,1,5-8H2,2H3. The SMILES string of the molecule is C=C(C)N1CCN(c2cc(C(F)(F)F)ccc2C=O)CC1. The molecule has 1 aromatic rings. The van der Waals surface area contributed by atoms with Gasteiger partial charge in [0.15, 0.2) is 6.29 Å². The number of aldehydes is 1. The molecule has 0 atom stereocenters. The van der Waals surface area contributed by atoms with E-state index in [1.807, 2.05) is 11.8 Å². The van der Waals surface area contributed by atoms with Crippen molar-refractivity contribution in [3.8, 4) is 0 Å². The second-order valence-corrected chi connectivity index (χ2v) is 5.10. The monoisotopic (exact) mass is 298 g/mol. The zero-order chi connectivity index (χ0) is 15.6. The maximum atomic E-state index is 12.8. The van der Waals surface area contributed by atoms with Crippen molar-refractivity contribution >= 4 is 12.0 Å². The molecule has 1 heterocycles. The Morgan fingerprint density at radius 2 is 1.86 bits per heavy atom. The molecule has 0 bridgehead atoms. The molecule has 0 saturated carbocycles. The summed E-state index contributed by atoms with van der Waals surface area (Å²) in [6.07, 6.45) is -3.81. The van der Waals surface area contributed by atoms with Crippen LogP contribution >= 0.6 is 0 Å². The summed E-state index contributed by atoms with van der Waals surface area (Å²) in [4.78, 5) is 15.0. The van der Waals surface area contributed by atoms with Gasteiger partial charge in [0.1, 0.15) is 0 Å². The summed E-state index contributed by atoms with van der Waals surface area (Å²) in [7, 11) is 0. The number of hydrogen-bond donors (Lipinski definition) is 0. The van der Waals surface area contributed by atoms with Crippen LogP contribution in [-0.2, 0) is 6.18 Å². The summed E-state index contributed by atoms with van der Waals surface area (Å²) >= 11 is 0. The lowest BCUT2D eigenvalue weighted by Gasteiger charge is -2.38. The highest BCUT2D eigenvalue weighted by atomic mass is 19.4. The average molecular weight is 298 g/mol. The van der Waals surface area contributed by atoms with Crippen LogP contribution in [0, 0.1) is 0 Å². The van der Waals surface area contributed by atoms with Gasteiger partial charge in [0.25, 0.3) is 0 Å².